The van der Waals surface area contributed by atoms with Gasteiger partial charge in [-0.1, -0.05) is 33.1 Å². The highest BCUT2D eigenvalue weighted by Crippen LogP contribution is 2.12. The van der Waals surface area contributed by atoms with Crippen LogP contribution in [-0.2, 0) is 4.79 Å². The Morgan fingerprint density at radius 2 is 1.50 bits per heavy atom. The van der Waals surface area contributed by atoms with Crippen molar-refractivity contribution in [1.82, 2.24) is 4.90 Å². The highest BCUT2D eigenvalue weighted by atomic mass is 35.5. The van der Waals surface area contributed by atoms with E-state index in [0.29, 0.717) is 0 Å². The third kappa shape index (κ3) is 4.71. The maximum atomic E-state index is 12.0. The summed E-state index contributed by atoms with van der Waals surface area (Å²) < 4.78 is 0. The molecule has 1 aliphatic heterocycles. The van der Waals surface area contributed by atoms with E-state index in [1.54, 1.807) is 0 Å². The van der Waals surface area contributed by atoms with Crippen LogP contribution in [0.4, 0.5) is 0 Å². The molecule has 2 N–H and O–H groups in total. The Labute approximate surface area is 105 Å². The molecule has 1 amide bonds. The lowest BCUT2D eigenvalue weighted by molar-refractivity contribution is -0.133. The van der Waals surface area contributed by atoms with Crippen LogP contribution in [0.1, 0.15) is 46.0 Å². The zero-order chi connectivity index (χ0) is 11.3. The molecule has 0 spiro atoms. The SMILES string of the molecule is CC(C)C(N)C(=O)N1CCCCCCC1.Cl. The van der Waals surface area contributed by atoms with Gasteiger partial charge in [0.25, 0.3) is 0 Å². The van der Waals surface area contributed by atoms with Crippen molar-refractivity contribution < 1.29 is 4.79 Å². The number of likely N-dealkylation sites (tertiary alicyclic amines) is 1. The normalized spacial score (nSPS) is 19.6. The quantitative estimate of drug-likeness (QED) is 0.814. The number of hydrogen-bond donors (Lipinski definition) is 1. The van der Waals surface area contributed by atoms with Crippen molar-refractivity contribution in [3.63, 3.8) is 0 Å². The van der Waals surface area contributed by atoms with E-state index in [9.17, 15) is 4.79 Å². The standard InChI is InChI=1S/C12H24N2O.ClH/c1-10(2)11(13)12(15)14-8-6-4-3-5-7-9-14;/h10-11H,3-9,13H2,1-2H3;1H. The molecule has 16 heavy (non-hydrogen) atoms. The van der Waals surface area contributed by atoms with Crippen LogP contribution in [0.25, 0.3) is 0 Å². The van der Waals surface area contributed by atoms with E-state index in [0.717, 1.165) is 25.9 Å². The third-order valence-corrected chi connectivity index (χ3v) is 3.17. The first-order chi connectivity index (χ1) is 7.13. The lowest BCUT2D eigenvalue weighted by Crippen LogP contribution is -2.47. The molecule has 1 fully saturated rings. The van der Waals surface area contributed by atoms with Crippen LogP contribution < -0.4 is 5.73 Å². The number of nitrogens with two attached hydrogens (primary N) is 1. The van der Waals surface area contributed by atoms with E-state index in [2.05, 4.69) is 0 Å². The molecule has 4 heteroatoms. The van der Waals surface area contributed by atoms with Crippen molar-refractivity contribution in [2.75, 3.05) is 13.1 Å². The molecule has 3 nitrogen and oxygen atoms in total. The topological polar surface area (TPSA) is 46.3 Å². The number of nitrogens with zero attached hydrogens (tertiary/aromatic N) is 1. The number of hydrogen-bond acceptors (Lipinski definition) is 2. The minimum atomic E-state index is -0.315. The lowest BCUT2D eigenvalue weighted by atomic mass is 10.0. The van der Waals surface area contributed by atoms with Crippen LogP contribution in [0.5, 0.6) is 0 Å². The molecule has 1 atom stereocenters. The minimum Gasteiger partial charge on any atom is -0.341 e. The molecule has 0 bridgehead atoms. The van der Waals surface area contributed by atoms with Crippen LogP contribution in [-0.4, -0.2) is 29.9 Å². The van der Waals surface area contributed by atoms with Gasteiger partial charge in [-0.05, 0) is 18.8 Å². The number of carbonyl (C=O) groups is 1. The molecule has 0 aliphatic carbocycles. The van der Waals surface area contributed by atoms with Crippen molar-refractivity contribution in [2.24, 2.45) is 11.7 Å². The van der Waals surface area contributed by atoms with E-state index < -0.39 is 0 Å². The van der Waals surface area contributed by atoms with Gasteiger partial charge in [-0.3, -0.25) is 4.79 Å². The van der Waals surface area contributed by atoms with Crippen LogP contribution in [0, 0.1) is 5.92 Å². The van der Waals surface area contributed by atoms with Crippen molar-refractivity contribution >= 4 is 18.3 Å². The summed E-state index contributed by atoms with van der Waals surface area (Å²) in [6, 6.07) is -0.315. The Morgan fingerprint density at radius 1 is 1.06 bits per heavy atom. The summed E-state index contributed by atoms with van der Waals surface area (Å²) in [5.41, 5.74) is 5.89. The first-order valence-corrected chi connectivity index (χ1v) is 6.17. The van der Waals surface area contributed by atoms with Gasteiger partial charge in [-0.2, -0.15) is 0 Å². The van der Waals surface area contributed by atoms with Gasteiger partial charge in [0.05, 0.1) is 6.04 Å². The molecule has 1 rings (SSSR count). The number of halogens is 1. The molecular weight excluding hydrogens is 224 g/mol. The second kappa shape index (κ2) is 7.91. The second-order valence-corrected chi connectivity index (χ2v) is 4.86. The van der Waals surface area contributed by atoms with Gasteiger partial charge < -0.3 is 10.6 Å². The van der Waals surface area contributed by atoms with Gasteiger partial charge in [0.2, 0.25) is 5.91 Å². The van der Waals surface area contributed by atoms with Crippen LogP contribution in [0.15, 0.2) is 0 Å². The van der Waals surface area contributed by atoms with Crippen molar-refractivity contribution in [3.05, 3.63) is 0 Å². The average Bonchev–Trinajstić information content (AvgIpc) is 2.15. The monoisotopic (exact) mass is 248 g/mol. The Morgan fingerprint density at radius 3 is 1.94 bits per heavy atom. The Hall–Kier alpha value is -0.280. The number of amides is 1. The summed E-state index contributed by atoms with van der Waals surface area (Å²) in [5, 5.41) is 0. The fourth-order valence-electron chi connectivity index (χ4n) is 1.96. The molecule has 1 unspecified atom stereocenters. The predicted molar refractivity (Wildman–Crippen MR) is 69.7 cm³/mol. The maximum absolute atomic E-state index is 12.0. The van der Waals surface area contributed by atoms with Crippen molar-refractivity contribution in [2.45, 2.75) is 52.0 Å². The van der Waals surface area contributed by atoms with Gasteiger partial charge in [0.15, 0.2) is 0 Å². The van der Waals surface area contributed by atoms with E-state index in [1.165, 1.54) is 19.3 Å². The first kappa shape index (κ1) is 15.7. The van der Waals surface area contributed by atoms with Gasteiger partial charge in [-0.15, -0.1) is 12.4 Å². The number of carbonyl (C=O) groups excluding carboxylic acids is 1. The molecule has 1 aliphatic rings. The lowest BCUT2D eigenvalue weighted by Gasteiger charge is -2.28. The molecule has 96 valence electrons. The zero-order valence-electron chi connectivity index (χ0n) is 10.4. The van der Waals surface area contributed by atoms with Gasteiger partial charge in [-0.25, -0.2) is 0 Å². The summed E-state index contributed by atoms with van der Waals surface area (Å²) in [7, 11) is 0. The Bertz CT molecular complexity index is 201. The molecular formula is C12H25ClN2O. The molecule has 0 aromatic rings. The third-order valence-electron chi connectivity index (χ3n) is 3.17. The molecule has 0 aromatic carbocycles. The van der Waals surface area contributed by atoms with Crippen LogP contribution >= 0.6 is 12.4 Å². The van der Waals surface area contributed by atoms with Crippen molar-refractivity contribution in [3.8, 4) is 0 Å². The molecule has 1 heterocycles. The summed E-state index contributed by atoms with van der Waals surface area (Å²) in [6.45, 7) is 5.82. The van der Waals surface area contributed by atoms with E-state index in [1.807, 2.05) is 18.7 Å². The highest BCUT2D eigenvalue weighted by Gasteiger charge is 2.23. The van der Waals surface area contributed by atoms with Gasteiger partial charge >= 0.3 is 0 Å². The Balaban J connectivity index is 0.00000225. The summed E-state index contributed by atoms with van der Waals surface area (Å²) in [6.07, 6.45) is 6.09. The summed E-state index contributed by atoms with van der Waals surface area (Å²) >= 11 is 0. The fourth-order valence-corrected chi connectivity index (χ4v) is 1.96. The second-order valence-electron chi connectivity index (χ2n) is 4.86. The first-order valence-electron chi connectivity index (χ1n) is 6.17. The minimum absolute atomic E-state index is 0. The summed E-state index contributed by atoms with van der Waals surface area (Å²) in [4.78, 5) is 14.0. The van der Waals surface area contributed by atoms with Crippen LogP contribution in [0.3, 0.4) is 0 Å². The van der Waals surface area contributed by atoms with E-state index >= 15 is 0 Å². The maximum Gasteiger partial charge on any atom is 0.239 e. The fraction of sp³-hybridized carbons (Fsp3) is 0.917. The largest absolute Gasteiger partial charge is 0.341 e. The molecule has 0 saturated carbocycles. The van der Waals surface area contributed by atoms with Crippen molar-refractivity contribution in [1.29, 1.82) is 0 Å². The molecule has 0 radical (unpaired) electrons. The highest BCUT2D eigenvalue weighted by molar-refractivity contribution is 5.85. The average molecular weight is 249 g/mol. The van der Waals surface area contributed by atoms with Gasteiger partial charge in [0, 0.05) is 13.1 Å². The molecule has 1 saturated heterocycles. The van der Waals surface area contributed by atoms with Gasteiger partial charge in [0.1, 0.15) is 0 Å². The predicted octanol–water partition coefficient (Wildman–Crippen LogP) is 2.18. The molecule has 0 aromatic heterocycles. The van der Waals surface area contributed by atoms with E-state index in [-0.39, 0.29) is 30.3 Å². The van der Waals surface area contributed by atoms with Crippen LogP contribution in [0.2, 0.25) is 0 Å². The summed E-state index contributed by atoms with van der Waals surface area (Å²) in [5.74, 6) is 0.384. The number of rotatable bonds is 2. The smallest absolute Gasteiger partial charge is 0.239 e. The van der Waals surface area contributed by atoms with E-state index in [4.69, 9.17) is 5.73 Å². The zero-order valence-corrected chi connectivity index (χ0v) is 11.3. The Kier molecular flexibility index (Phi) is 7.77.